The lowest BCUT2D eigenvalue weighted by atomic mass is 9.82. The van der Waals surface area contributed by atoms with E-state index in [9.17, 15) is 29.1 Å². The summed E-state index contributed by atoms with van der Waals surface area (Å²) < 4.78 is 11.8. The van der Waals surface area contributed by atoms with Crippen molar-refractivity contribution in [3.05, 3.63) is 95.6 Å². The number of hydrazone groups is 1. The van der Waals surface area contributed by atoms with Crippen LogP contribution in [0.4, 0.5) is 11.4 Å². The zero-order valence-corrected chi connectivity index (χ0v) is 32.4. The molecule has 3 amide bonds. The third-order valence-corrected chi connectivity index (χ3v) is 13.4. The summed E-state index contributed by atoms with van der Waals surface area (Å²) in [6, 6.07) is 24.6. The SMILES string of the molecule is COC(=O)CCCCN1C(=O)[C@@]2(O[C@@H](CC(=O)N(CCO)Cc3ccccc3)[C@H]([Si](C)(C)O)[C@H]2C)c2cc(N3N=C(c4ccccc4)CCC3=O)ccc21. The van der Waals surface area contributed by atoms with Crippen LogP contribution in [-0.4, -0.2) is 85.4 Å². The number of amides is 3. The zero-order chi connectivity index (χ0) is 38.6. The molecule has 13 heteroatoms. The zero-order valence-electron chi connectivity index (χ0n) is 31.4. The molecule has 0 radical (unpaired) electrons. The van der Waals surface area contributed by atoms with E-state index in [0.29, 0.717) is 42.7 Å². The molecule has 3 aliphatic rings. The number of unbranched alkanes of at least 4 members (excludes halogenated alkanes) is 1. The van der Waals surface area contributed by atoms with Gasteiger partial charge in [-0.15, -0.1) is 0 Å². The normalized spacial score (nSPS) is 22.4. The third-order valence-electron chi connectivity index (χ3n) is 10.9. The summed E-state index contributed by atoms with van der Waals surface area (Å²) in [6.07, 6.45) is 1.08. The minimum Gasteiger partial charge on any atom is -0.469 e. The minimum atomic E-state index is -3.12. The van der Waals surface area contributed by atoms with Crippen LogP contribution in [0, 0.1) is 5.92 Å². The molecule has 3 aromatic rings. The van der Waals surface area contributed by atoms with E-state index in [4.69, 9.17) is 14.6 Å². The second-order valence-electron chi connectivity index (χ2n) is 14.9. The van der Waals surface area contributed by atoms with Crippen molar-refractivity contribution in [2.75, 3.05) is 36.7 Å². The fourth-order valence-corrected chi connectivity index (χ4v) is 10.9. The van der Waals surface area contributed by atoms with Gasteiger partial charge in [0, 0.05) is 55.9 Å². The predicted octanol–water partition coefficient (Wildman–Crippen LogP) is 5.12. The number of hydrogen-bond acceptors (Lipinski definition) is 9. The molecule has 1 spiro atoms. The summed E-state index contributed by atoms with van der Waals surface area (Å²) in [6.45, 7) is 5.99. The lowest BCUT2D eigenvalue weighted by Gasteiger charge is -2.33. The highest BCUT2D eigenvalue weighted by molar-refractivity contribution is 6.71. The third kappa shape index (κ3) is 7.76. The van der Waals surface area contributed by atoms with E-state index >= 15 is 0 Å². The maximum absolute atomic E-state index is 15.0. The van der Waals surface area contributed by atoms with Crippen LogP contribution in [0.2, 0.25) is 18.6 Å². The van der Waals surface area contributed by atoms with Crippen molar-refractivity contribution < 1.29 is 38.6 Å². The van der Waals surface area contributed by atoms with Crippen LogP contribution >= 0.6 is 0 Å². The Morgan fingerprint density at radius 3 is 2.39 bits per heavy atom. The van der Waals surface area contributed by atoms with Crippen LogP contribution in [0.25, 0.3) is 0 Å². The van der Waals surface area contributed by atoms with E-state index in [2.05, 4.69) is 0 Å². The maximum Gasteiger partial charge on any atom is 0.305 e. The Morgan fingerprint density at radius 1 is 1.02 bits per heavy atom. The molecule has 286 valence electrons. The van der Waals surface area contributed by atoms with Crippen molar-refractivity contribution in [3.8, 4) is 0 Å². The number of hydrogen-bond donors (Lipinski definition) is 2. The average Bonchev–Trinajstić information content (AvgIpc) is 3.59. The number of benzene rings is 3. The van der Waals surface area contributed by atoms with Gasteiger partial charge in [0.05, 0.1) is 43.3 Å². The van der Waals surface area contributed by atoms with Crippen LogP contribution in [0.3, 0.4) is 0 Å². The lowest BCUT2D eigenvalue weighted by Crippen LogP contribution is -2.46. The number of fused-ring (bicyclic) bond motifs is 2. The molecule has 0 saturated carbocycles. The van der Waals surface area contributed by atoms with E-state index in [1.807, 2.05) is 73.7 Å². The molecular formula is C41H50N4O8Si. The van der Waals surface area contributed by atoms with Gasteiger partial charge in [-0.3, -0.25) is 19.2 Å². The second kappa shape index (κ2) is 16.4. The number of rotatable bonds is 14. The van der Waals surface area contributed by atoms with Crippen LogP contribution in [0.5, 0.6) is 0 Å². The van der Waals surface area contributed by atoms with E-state index in [0.717, 1.165) is 16.8 Å². The molecule has 1 saturated heterocycles. The molecule has 4 atom stereocenters. The Bertz CT molecular complexity index is 1880. The van der Waals surface area contributed by atoms with E-state index in [1.54, 1.807) is 35.0 Å². The van der Waals surface area contributed by atoms with E-state index in [-0.39, 0.29) is 62.6 Å². The number of nitrogens with zero attached hydrogens (tertiary/aromatic N) is 4. The first-order chi connectivity index (χ1) is 25.9. The van der Waals surface area contributed by atoms with Gasteiger partial charge in [-0.05, 0) is 55.3 Å². The van der Waals surface area contributed by atoms with Crippen molar-refractivity contribution in [1.29, 1.82) is 0 Å². The Labute approximate surface area is 317 Å². The molecule has 1 fully saturated rings. The standard InChI is InChI=1S/C41H50N4O8Si/c1-28-39(54(3,4)51)35(26-37(48)43(23-24-46)27-29-13-7-5-8-14-29)53-41(28)32-25-31(45-36(47)21-19-33(42-45)30-15-9-6-10-16-30)18-20-34(32)44(40(41)50)22-12-11-17-38(49)52-2/h5-10,13-16,18,20,25,28,35,39,46,51H,11-12,17,19,21-24,26-27H2,1-4H3/t28-,35+,39-,41+/m1/s1. The summed E-state index contributed by atoms with van der Waals surface area (Å²) in [4.78, 5) is 69.4. The number of carbonyl (C=O) groups is 4. The molecule has 2 N–H and O–H groups in total. The Kier molecular flexibility index (Phi) is 11.8. The van der Waals surface area contributed by atoms with Gasteiger partial charge in [0.15, 0.2) is 13.9 Å². The molecule has 0 bridgehead atoms. The highest BCUT2D eigenvalue weighted by Gasteiger charge is 2.66. The maximum atomic E-state index is 15.0. The summed E-state index contributed by atoms with van der Waals surface area (Å²) in [5.41, 5.74) is 2.15. The molecule has 3 heterocycles. The van der Waals surface area contributed by atoms with Crippen molar-refractivity contribution in [1.82, 2.24) is 4.90 Å². The van der Waals surface area contributed by atoms with Crippen molar-refractivity contribution in [3.63, 3.8) is 0 Å². The number of ether oxygens (including phenoxy) is 2. The predicted molar refractivity (Wildman–Crippen MR) is 207 cm³/mol. The molecule has 6 rings (SSSR count). The number of aliphatic hydroxyl groups is 1. The van der Waals surface area contributed by atoms with Gasteiger partial charge in [0.1, 0.15) is 0 Å². The van der Waals surface area contributed by atoms with Gasteiger partial charge in [0.25, 0.3) is 5.91 Å². The molecule has 0 aromatic heterocycles. The quantitative estimate of drug-likeness (QED) is 0.131. The van der Waals surface area contributed by atoms with Gasteiger partial charge < -0.3 is 29.2 Å². The number of aliphatic hydroxyl groups excluding tert-OH is 1. The Morgan fingerprint density at radius 2 is 1.72 bits per heavy atom. The first-order valence-electron chi connectivity index (χ1n) is 18.7. The summed E-state index contributed by atoms with van der Waals surface area (Å²) in [5, 5.41) is 16.1. The Hall–Kier alpha value is -4.69. The fraction of sp³-hybridized carbons (Fsp3) is 0.439. The van der Waals surface area contributed by atoms with Gasteiger partial charge >= 0.3 is 5.97 Å². The first-order valence-corrected chi connectivity index (χ1v) is 21.7. The molecule has 12 nitrogen and oxygen atoms in total. The van der Waals surface area contributed by atoms with E-state index in [1.165, 1.54) is 12.1 Å². The topological polar surface area (TPSA) is 149 Å². The van der Waals surface area contributed by atoms with Crippen LogP contribution in [0.1, 0.15) is 62.1 Å². The van der Waals surface area contributed by atoms with Crippen molar-refractivity contribution in [2.24, 2.45) is 11.0 Å². The number of methoxy groups -OCH3 is 1. The average molecular weight is 755 g/mol. The number of anilines is 2. The molecule has 54 heavy (non-hydrogen) atoms. The molecule has 3 aliphatic heterocycles. The van der Waals surface area contributed by atoms with Crippen LogP contribution in [-0.2, 0) is 40.8 Å². The molecule has 0 aliphatic carbocycles. The molecule has 3 aromatic carbocycles. The fourth-order valence-electron chi connectivity index (χ4n) is 8.37. The van der Waals surface area contributed by atoms with Crippen LogP contribution < -0.4 is 9.91 Å². The van der Waals surface area contributed by atoms with Crippen molar-refractivity contribution >= 4 is 49.1 Å². The smallest absolute Gasteiger partial charge is 0.305 e. The minimum absolute atomic E-state index is 0.0998. The largest absolute Gasteiger partial charge is 0.469 e. The van der Waals surface area contributed by atoms with Gasteiger partial charge in [-0.1, -0.05) is 67.6 Å². The van der Waals surface area contributed by atoms with Gasteiger partial charge in [-0.25, -0.2) is 5.01 Å². The Balaban J connectivity index is 1.39. The van der Waals surface area contributed by atoms with Crippen molar-refractivity contribution in [2.45, 2.75) is 82.3 Å². The lowest BCUT2D eigenvalue weighted by molar-refractivity contribution is -0.150. The molecular weight excluding hydrogens is 705 g/mol. The number of esters is 1. The number of carbonyl (C=O) groups excluding carboxylic acids is 4. The summed E-state index contributed by atoms with van der Waals surface area (Å²) in [7, 11) is -1.77. The highest BCUT2D eigenvalue weighted by atomic mass is 28.4. The first kappa shape index (κ1) is 39.0. The van der Waals surface area contributed by atoms with Gasteiger partial charge in [-0.2, -0.15) is 5.10 Å². The summed E-state index contributed by atoms with van der Waals surface area (Å²) in [5.74, 6) is -1.63. The second-order valence-corrected chi connectivity index (χ2v) is 18.9. The van der Waals surface area contributed by atoms with E-state index < -0.39 is 31.5 Å². The summed E-state index contributed by atoms with van der Waals surface area (Å²) >= 11 is 0. The monoisotopic (exact) mass is 754 g/mol. The van der Waals surface area contributed by atoms with Crippen LogP contribution in [0.15, 0.2) is 84.0 Å². The highest BCUT2D eigenvalue weighted by Crippen LogP contribution is 2.60. The molecule has 0 unspecified atom stereocenters. The van der Waals surface area contributed by atoms with Gasteiger partial charge in [0.2, 0.25) is 11.8 Å².